The number of rotatable bonds is 52. The van der Waals surface area contributed by atoms with Gasteiger partial charge in [-0.15, -0.1) is 0 Å². The van der Waals surface area contributed by atoms with Crippen LogP contribution < -0.4 is 5.32 Å². The molecule has 1 amide bonds. The van der Waals surface area contributed by atoms with Crippen LogP contribution >= 0.6 is 7.82 Å². The van der Waals surface area contributed by atoms with Crippen molar-refractivity contribution >= 4 is 25.7 Å². The molecule has 0 aliphatic heterocycles. The van der Waals surface area contributed by atoms with Crippen molar-refractivity contribution in [3.05, 3.63) is 24.3 Å². The molecule has 3 unspecified atom stereocenters. The van der Waals surface area contributed by atoms with Gasteiger partial charge in [0.05, 0.1) is 13.2 Å². The van der Waals surface area contributed by atoms with Crippen LogP contribution in [-0.4, -0.2) is 64.9 Å². The van der Waals surface area contributed by atoms with Crippen molar-refractivity contribution in [3.8, 4) is 0 Å². The maximum absolute atomic E-state index is 12.4. The van der Waals surface area contributed by atoms with Crippen molar-refractivity contribution in [2.75, 3.05) is 19.8 Å². The van der Waals surface area contributed by atoms with Gasteiger partial charge in [0.2, 0.25) is 5.91 Å². The van der Waals surface area contributed by atoms with Crippen molar-refractivity contribution in [3.63, 3.8) is 0 Å². The normalized spacial score (nSPS) is 13.6. The first-order chi connectivity index (χ1) is 32.1. The van der Waals surface area contributed by atoms with Gasteiger partial charge in [-0.25, -0.2) is 9.36 Å². The minimum atomic E-state index is -4.76. The Hall–Kier alpha value is -2.04. The molecule has 0 fully saturated rings. The lowest BCUT2D eigenvalue weighted by Crippen LogP contribution is -2.43. The Bertz CT molecular complexity index is 1210. The molecule has 0 rings (SSSR count). The van der Waals surface area contributed by atoms with Crippen molar-refractivity contribution in [1.82, 2.24) is 5.32 Å². The topological polar surface area (TPSA) is 169 Å². The highest BCUT2D eigenvalue weighted by Gasteiger charge is 2.28. The predicted octanol–water partition coefficient (Wildman–Crippen LogP) is 15.3. The van der Waals surface area contributed by atoms with E-state index in [-0.39, 0.29) is 12.8 Å². The van der Waals surface area contributed by atoms with Crippen LogP contribution in [0.15, 0.2) is 24.3 Å². The number of phosphoric ester groups is 1. The molecule has 388 valence electrons. The molecule has 3 atom stereocenters. The van der Waals surface area contributed by atoms with Gasteiger partial charge in [0.25, 0.3) is 0 Å². The minimum absolute atomic E-state index is 0.139. The molecule has 0 aromatic heterocycles. The van der Waals surface area contributed by atoms with E-state index >= 15 is 0 Å². The number of carboxylic acids is 1. The number of aliphatic carboxylic acids is 1. The number of carbonyl (C=O) groups is 3. The predicted molar refractivity (Wildman–Crippen MR) is 273 cm³/mol. The zero-order chi connectivity index (χ0) is 48.4. The van der Waals surface area contributed by atoms with Crippen LogP contribution in [0.1, 0.15) is 271 Å². The molecular weight excluding hydrogens is 854 g/mol. The quantitative estimate of drug-likeness (QED) is 0.0199. The Morgan fingerprint density at radius 3 is 1.24 bits per heavy atom. The van der Waals surface area contributed by atoms with Gasteiger partial charge < -0.3 is 25.2 Å². The van der Waals surface area contributed by atoms with Crippen LogP contribution in [0.3, 0.4) is 0 Å². The fourth-order valence-corrected chi connectivity index (χ4v) is 8.77. The Morgan fingerprint density at radius 2 is 0.833 bits per heavy atom. The second-order valence-electron chi connectivity index (χ2n) is 18.8. The lowest BCUT2D eigenvalue weighted by atomic mass is 10.0. The molecule has 0 radical (unpaired) electrons. The number of carbonyl (C=O) groups excluding carboxylic acids is 2. The molecule has 0 bridgehead atoms. The molecule has 11 nitrogen and oxygen atoms in total. The highest BCUT2D eigenvalue weighted by Crippen LogP contribution is 2.43. The third kappa shape index (κ3) is 48.4. The van der Waals surface area contributed by atoms with E-state index < -0.39 is 57.6 Å². The van der Waals surface area contributed by atoms with Gasteiger partial charge in [0.1, 0.15) is 12.7 Å². The number of hydrogen-bond donors (Lipinski definition) is 4. The first-order valence-electron chi connectivity index (χ1n) is 27.4. The second kappa shape index (κ2) is 49.4. The first-order valence-corrected chi connectivity index (χ1v) is 28.9. The Kier molecular flexibility index (Phi) is 47.9. The maximum Gasteiger partial charge on any atom is 0.472 e. The largest absolute Gasteiger partial charge is 0.480 e. The van der Waals surface area contributed by atoms with Gasteiger partial charge >= 0.3 is 19.8 Å². The number of esters is 1. The molecule has 0 aliphatic rings. The molecular formula is C54H102NO10P. The number of aliphatic hydroxyl groups is 1. The summed E-state index contributed by atoms with van der Waals surface area (Å²) in [5.74, 6) is -2.37. The number of phosphoric acid groups is 1. The van der Waals surface area contributed by atoms with Crippen molar-refractivity contribution in [2.24, 2.45) is 0 Å². The van der Waals surface area contributed by atoms with E-state index in [1.54, 1.807) is 0 Å². The fraction of sp³-hybridized carbons (Fsp3) is 0.870. The molecule has 0 saturated heterocycles. The van der Waals surface area contributed by atoms with E-state index in [2.05, 4.69) is 43.5 Å². The minimum Gasteiger partial charge on any atom is -0.480 e. The molecule has 0 aromatic rings. The third-order valence-electron chi connectivity index (χ3n) is 12.2. The Morgan fingerprint density at radius 1 is 0.485 bits per heavy atom. The summed E-state index contributed by atoms with van der Waals surface area (Å²) in [4.78, 5) is 46.2. The molecule has 0 saturated carbocycles. The maximum atomic E-state index is 12.4. The SMILES string of the molecule is CCCCCC/C=C\C/C=C\CCCCCCCCCC(=O)NC(COP(=O)(O)OCC(O)COC(=O)CCCCCCCCCCCCCCCCCCCCCCCCCC)C(=O)O. The summed E-state index contributed by atoms with van der Waals surface area (Å²) in [6.45, 7) is 2.63. The van der Waals surface area contributed by atoms with Crippen molar-refractivity contribution in [1.29, 1.82) is 0 Å². The number of amides is 1. The van der Waals surface area contributed by atoms with Crippen LogP contribution in [0, 0.1) is 0 Å². The van der Waals surface area contributed by atoms with Gasteiger partial charge in [-0.05, 0) is 44.9 Å². The van der Waals surface area contributed by atoms with Gasteiger partial charge in [-0.1, -0.05) is 237 Å². The standard InChI is InChI=1S/C54H102NO10P/c1-3-5-7-9-11-13-15-17-19-21-23-24-25-26-27-28-30-32-34-36-38-40-42-44-46-53(58)63-47-50(56)48-64-66(61,62)65-49-51(54(59)60)55-52(57)45-43-41-39-37-35-33-31-29-22-20-18-16-14-12-10-8-6-4-2/h14,16,20,22,50-51,56H,3-13,15,17-19,21,23-49H2,1-2H3,(H,55,57)(H,59,60)(H,61,62)/b16-14-,22-20-. The van der Waals surface area contributed by atoms with E-state index in [0.29, 0.717) is 12.8 Å². The monoisotopic (exact) mass is 956 g/mol. The van der Waals surface area contributed by atoms with Crippen molar-refractivity contribution in [2.45, 2.75) is 283 Å². The number of aliphatic hydroxyl groups excluding tert-OH is 1. The molecule has 0 aromatic carbocycles. The smallest absolute Gasteiger partial charge is 0.472 e. The van der Waals surface area contributed by atoms with E-state index in [9.17, 15) is 34.1 Å². The number of ether oxygens (including phenoxy) is 1. The summed E-state index contributed by atoms with van der Waals surface area (Å²) in [6, 6.07) is -1.55. The second-order valence-corrected chi connectivity index (χ2v) is 20.2. The highest BCUT2D eigenvalue weighted by atomic mass is 31.2. The molecule has 0 spiro atoms. The van der Waals surface area contributed by atoms with Crippen LogP contribution in [0.25, 0.3) is 0 Å². The number of carboxylic acid groups (broad SMARTS) is 1. The lowest BCUT2D eigenvalue weighted by molar-refractivity contribution is -0.147. The zero-order valence-corrected chi connectivity index (χ0v) is 43.4. The van der Waals surface area contributed by atoms with Crippen LogP contribution in [0.2, 0.25) is 0 Å². The third-order valence-corrected chi connectivity index (χ3v) is 13.2. The van der Waals surface area contributed by atoms with Gasteiger partial charge in [-0.3, -0.25) is 18.6 Å². The zero-order valence-electron chi connectivity index (χ0n) is 42.5. The van der Waals surface area contributed by atoms with E-state index in [4.69, 9.17) is 13.8 Å². The average molecular weight is 956 g/mol. The Balaban J connectivity index is 3.76. The number of nitrogens with one attached hydrogen (secondary N) is 1. The first kappa shape index (κ1) is 64.0. The van der Waals surface area contributed by atoms with E-state index in [1.807, 2.05) is 0 Å². The summed E-state index contributed by atoms with van der Waals surface area (Å²) >= 11 is 0. The lowest BCUT2D eigenvalue weighted by Gasteiger charge is -2.18. The van der Waals surface area contributed by atoms with Crippen LogP contribution in [0.4, 0.5) is 0 Å². The van der Waals surface area contributed by atoms with Crippen LogP contribution in [0.5, 0.6) is 0 Å². The van der Waals surface area contributed by atoms with Gasteiger partial charge in [0, 0.05) is 12.8 Å². The number of unbranched alkanes of at least 4 members (excludes halogenated alkanes) is 34. The Labute approximate surface area is 404 Å². The molecule has 4 N–H and O–H groups in total. The fourth-order valence-electron chi connectivity index (χ4n) is 8.00. The molecule has 12 heteroatoms. The number of hydrogen-bond acceptors (Lipinski definition) is 8. The highest BCUT2D eigenvalue weighted by molar-refractivity contribution is 7.47. The summed E-state index contributed by atoms with van der Waals surface area (Å²) in [7, 11) is -4.76. The van der Waals surface area contributed by atoms with Gasteiger partial charge in [-0.2, -0.15) is 0 Å². The summed E-state index contributed by atoms with van der Waals surface area (Å²) in [5.41, 5.74) is 0. The summed E-state index contributed by atoms with van der Waals surface area (Å²) < 4.78 is 27.0. The van der Waals surface area contributed by atoms with E-state index in [1.165, 1.54) is 173 Å². The number of allylic oxidation sites excluding steroid dienone is 4. The summed E-state index contributed by atoms with van der Waals surface area (Å²) in [6.07, 6.45) is 54.9. The molecule has 66 heavy (non-hydrogen) atoms. The average Bonchev–Trinajstić information content (AvgIpc) is 3.29. The molecule has 0 aliphatic carbocycles. The van der Waals surface area contributed by atoms with Crippen molar-refractivity contribution < 1.29 is 47.8 Å². The van der Waals surface area contributed by atoms with Crippen LogP contribution in [-0.2, 0) is 32.7 Å². The molecule has 0 heterocycles. The summed E-state index contributed by atoms with van der Waals surface area (Å²) in [5, 5.41) is 21.9. The van der Waals surface area contributed by atoms with E-state index in [0.717, 1.165) is 57.8 Å². The van der Waals surface area contributed by atoms with Gasteiger partial charge in [0.15, 0.2) is 6.04 Å².